The molecule has 0 unspecified atom stereocenters. The zero-order valence-corrected chi connectivity index (χ0v) is 11.1. The molecule has 0 radical (unpaired) electrons. The highest BCUT2D eigenvalue weighted by atomic mass is 35.5. The molecule has 0 aliphatic rings. The second-order valence-corrected chi connectivity index (χ2v) is 4.58. The number of aryl methyl sites for hydroxylation is 1. The van der Waals surface area contributed by atoms with Crippen LogP contribution in [-0.4, -0.2) is 15.6 Å². The summed E-state index contributed by atoms with van der Waals surface area (Å²) in [7, 11) is 0. The van der Waals surface area contributed by atoms with Crippen LogP contribution >= 0.6 is 11.6 Å². The summed E-state index contributed by atoms with van der Waals surface area (Å²) in [6.07, 6.45) is -2.65. The van der Waals surface area contributed by atoms with Gasteiger partial charge in [-0.3, -0.25) is 4.79 Å². The molecule has 0 saturated heterocycles. The van der Waals surface area contributed by atoms with Gasteiger partial charge in [-0.2, -0.15) is 5.10 Å². The van der Waals surface area contributed by atoms with Gasteiger partial charge in [-0.15, -0.1) is 0 Å². The molecule has 100 valence electrons. The number of Topliss-reactive ketones (excluding diaryl/α,β-unsaturated/α-hetero) is 1. The van der Waals surface area contributed by atoms with Gasteiger partial charge in [0, 0.05) is 16.3 Å². The number of alkyl halides is 2. The van der Waals surface area contributed by atoms with Crippen LogP contribution in [0.3, 0.4) is 0 Å². The molecule has 19 heavy (non-hydrogen) atoms. The van der Waals surface area contributed by atoms with Gasteiger partial charge in [0.25, 0.3) is 6.43 Å². The van der Waals surface area contributed by atoms with E-state index < -0.39 is 6.43 Å². The lowest BCUT2D eigenvalue weighted by molar-refractivity contribution is 0.101. The Morgan fingerprint density at radius 3 is 2.58 bits per heavy atom. The lowest BCUT2D eigenvalue weighted by atomic mass is 10.1. The lowest BCUT2D eigenvalue weighted by Gasteiger charge is -2.09. The minimum atomic E-state index is -2.65. The van der Waals surface area contributed by atoms with Crippen molar-refractivity contribution in [2.24, 2.45) is 0 Å². The molecule has 2 rings (SSSR count). The Kier molecular flexibility index (Phi) is 3.66. The zero-order chi connectivity index (χ0) is 14.2. The van der Waals surface area contributed by atoms with Crippen LogP contribution in [0.25, 0.3) is 5.69 Å². The Morgan fingerprint density at radius 2 is 2.05 bits per heavy atom. The summed E-state index contributed by atoms with van der Waals surface area (Å²) >= 11 is 5.89. The zero-order valence-electron chi connectivity index (χ0n) is 10.3. The summed E-state index contributed by atoms with van der Waals surface area (Å²) in [5, 5.41) is 4.23. The summed E-state index contributed by atoms with van der Waals surface area (Å²) in [6.45, 7) is 3.04. The third-order valence-electron chi connectivity index (χ3n) is 2.70. The van der Waals surface area contributed by atoms with E-state index in [1.54, 1.807) is 19.1 Å². The monoisotopic (exact) mass is 284 g/mol. The van der Waals surface area contributed by atoms with Crippen LogP contribution in [0.4, 0.5) is 8.78 Å². The van der Waals surface area contributed by atoms with E-state index in [1.807, 2.05) is 0 Å². The summed E-state index contributed by atoms with van der Waals surface area (Å²) in [5.74, 6) is -0.180. The number of nitrogens with zero attached hydrogens (tertiary/aromatic N) is 2. The smallest absolute Gasteiger partial charge is 0.282 e. The van der Waals surface area contributed by atoms with E-state index in [0.717, 1.165) is 0 Å². The molecule has 6 heteroatoms. The van der Waals surface area contributed by atoms with Gasteiger partial charge in [0.1, 0.15) is 5.69 Å². The van der Waals surface area contributed by atoms with E-state index in [9.17, 15) is 13.6 Å². The standard InChI is InChI=1S/C13H11ClF2N2O/c1-7-5-11(13(15)16)17-18(7)12-6-9(14)3-4-10(12)8(2)19/h3-6,13H,1-2H3. The molecule has 0 atom stereocenters. The number of aromatic nitrogens is 2. The number of hydrogen-bond donors (Lipinski definition) is 0. The molecule has 2 aromatic rings. The van der Waals surface area contributed by atoms with E-state index >= 15 is 0 Å². The van der Waals surface area contributed by atoms with E-state index in [2.05, 4.69) is 5.10 Å². The predicted octanol–water partition coefficient (Wildman–Crippen LogP) is 3.97. The van der Waals surface area contributed by atoms with E-state index in [0.29, 0.717) is 22.0 Å². The predicted molar refractivity (Wildman–Crippen MR) is 68.3 cm³/mol. The van der Waals surface area contributed by atoms with Gasteiger partial charge in [-0.25, -0.2) is 13.5 Å². The van der Waals surface area contributed by atoms with Crippen molar-refractivity contribution in [2.75, 3.05) is 0 Å². The van der Waals surface area contributed by atoms with Crippen LogP contribution < -0.4 is 0 Å². The van der Waals surface area contributed by atoms with Crippen LogP contribution in [0, 0.1) is 6.92 Å². The van der Waals surface area contributed by atoms with Crippen LogP contribution in [0.1, 0.15) is 35.1 Å². The van der Waals surface area contributed by atoms with Gasteiger partial charge in [0.15, 0.2) is 5.78 Å². The number of benzene rings is 1. The maximum Gasteiger partial charge on any atom is 0.282 e. The number of ketones is 1. The van der Waals surface area contributed by atoms with Crippen LogP contribution in [0.2, 0.25) is 5.02 Å². The van der Waals surface area contributed by atoms with E-state index in [-0.39, 0.29) is 11.5 Å². The summed E-state index contributed by atoms with van der Waals surface area (Å²) in [4.78, 5) is 11.6. The molecule has 0 amide bonds. The lowest BCUT2D eigenvalue weighted by Crippen LogP contribution is -2.06. The van der Waals surface area contributed by atoms with Crippen molar-refractivity contribution in [2.45, 2.75) is 20.3 Å². The average molecular weight is 285 g/mol. The maximum absolute atomic E-state index is 12.6. The SMILES string of the molecule is CC(=O)c1ccc(Cl)cc1-n1nc(C(F)F)cc1C. The van der Waals surface area contributed by atoms with Crippen LogP contribution in [-0.2, 0) is 0 Å². The first-order valence-corrected chi connectivity index (χ1v) is 5.93. The topological polar surface area (TPSA) is 34.9 Å². The van der Waals surface area contributed by atoms with Crippen molar-refractivity contribution in [1.29, 1.82) is 0 Å². The van der Waals surface area contributed by atoms with Gasteiger partial charge < -0.3 is 0 Å². The normalized spacial score (nSPS) is 11.1. The molecule has 0 bridgehead atoms. The fourth-order valence-electron chi connectivity index (χ4n) is 1.83. The number of carbonyl (C=O) groups excluding carboxylic acids is 1. The Labute approximate surface area is 113 Å². The molecule has 1 aromatic heterocycles. The van der Waals surface area contributed by atoms with Gasteiger partial charge in [-0.1, -0.05) is 11.6 Å². The van der Waals surface area contributed by atoms with Crippen LogP contribution in [0.15, 0.2) is 24.3 Å². The first kappa shape index (κ1) is 13.7. The van der Waals surface area contributed by atoms with Crippen molar-refractivity contribution < 1.29 is 13.6 Å². The van der Waals surface area contributed by atoms with E-state index in [1.165, 1.54) is 23.7 Å². The Morgan fingerprint density at radius 1 is 1.37 bits per heavy atom. The maximum atomic E-state index is 12.6. The summed E-state index contributed by atoms with van der Waals surface area (Å²) in [6, 6.07) is 5.96. The molecule has 0 aliphatic heterocycles. The minimum absolute atomic E-state index is 0.180. The van der Waals surface area contributed by atoms with Crippen molar-refractivity contribution >= 4 is 17.4 Å². The second-order valence-electron chi connectivity index (χ2n) is 4.14. The molecule has 0 saturated carbocycles. The van der Waals surface area contributed by atoms with Gasteiger partial charge >= 0.3 is 0 Å². The van der Waals surface area contributed by atoms with Crippen molar-refractivity contribution in [3.05, 3.63) is 46.2 Å². The van der Waals surface area contributed by atoms with Crippen LogP contribution in [0.5, 0.6) is 0 Å². The number of rotatable bonds is 3. The van der Waals surface area contributed by atoms with Crippen molar-refractivity contribution in [1.82, 2.24) is 9.78 Å². The first-order chi connectivity index (χ1) is 8.90. The molecule has 0 fully saturated rings. The fourth-order valence-corrected chi connectivity index (χ4v) is 1.99. The number of carbonyl (C=O) groups is 1. The second kappa shape index (κ2) is 5.09. The molecule has 0 N–H and O–H groups in total. The Balaban J connectivity index is 2.64. The molecule has 1 aromatic carbocycles. The van der Waals surface area contributed by atoms with Gasteiger partial charge in [-0.05, 0) is 38.1 Å². The average Bonchev–Trinajstić information content (AvgIpc) is 2.71. The van der Waals surface area contributed by atoms with Gasteiger partial charge in [0.2, 0.25) is 0 Å². The van der Waals surface area contributed by atoms with E-state index in [4.69, 9.17) is 11.6 Å². The minimum Gasteiger partial charge on any atom is -0.294 e. The largest absolute Gasteiger partial charge is 0.294 e. The third-order valence-corrected chi connectivity index (χ3v) is 2.93. The molecular weight excluding hydrogens is 274 g/mol. The molecule has 0 spiro atoms. The fraction of sp³-hybridized carbons (Fsp3) is 0.231. The summed E-state index contributed by atoms with van der Waals surface area (Å²) in [5.41, 5.74) is 0.980. The molecular formula is C13H11ClF2N2O. The Bertz CT molecular complexity index is 638. The Hall–Kier alpha value is -1.75. The first-order valence-electron chi connectivity index (χ1n) is 5.55. The number of halogens is 3. The number of hydrogen-bond acceptors (Lipinski definition) is 2. The highest BCUT2D eigenvalue weighted by Crippen LogP contribution is 2.24. The van der Waals surface area contributed by atoms with Crippen molar-refractivity contribution in [3.63, 3.8) is 0 Å². The summed E-state index contributed by atoms with van der Waals surface area (Å²) < 4.78 is 26.6. The van der Waals surface area contributed by atoms with Gasteiger partial charge in [0.05, 0.1) is 5.69 Å². The third kappa shape index (κ3) is 2.66. The molecule has 3 nitrogen and oxygen atoms in total. The van der Waals surface area contributed by atoms with Crippen molar-refractivity contribution in [3.8, 4) is 5.69 Å². The highest BCUT2D eigenvalue weighted by Gasteiger charge is 2.17. The molecule has 0 aliphatic carbocycles. The quantitative estimate of drug-likeness (QED) is 0.799. The molecule has 1 heterocycles. The highest BCUT2D eigenvalue weighted by molar-refractivity contribution is 6.31.